The Morgan fingerprint density at radius 3 is 2.79 bits per heavy atom. The number of pyridine rings is 1. The molecule has 1 aromatic heterocycles. The first-order chi connectivity index (χ1) is 9.28. The van der Waals surface area contributed by atoms with Crippen molar-refractivity contribution in [2.45, 2.75) is 19.4 Å². The van der Waals surface area contributed by atoms with Crippen molar-refractivity contribution < 1.29 is 9.90 Å². The molecular formula is C15H16N2O2. The lowest BCUT2D eigenvalue weighted by atomic mass is 10.1. The van der Waals surface area contributed by atoms with Crippen LogP contribution in [-0.4, -0.2) is 16.0 Å². The van der Waals surface area contributed by atoms with Gasteiger partial charge in [0.2, 0.25) is 5.91 Å². The summed E-state index contributed by atoms with van der Waals surface area (Å²) in [6.07, 6.45) is 4.55. The minimum absolute atomic E-state index is 0.0284. The maximum atomic E-state index is 11.8. The summed E-state index contributed by atoms with van der Waals surface area (Å²) in [5, 5.41) is 11.8. The Morgan fingerprint density at radius 1 is 1.21 bits per heavy atom. The monoisotopic (exact) mass is 256 g/mol. The van der Waals surface area contributed by atoms with E-state index in [1.807, 2.05) is 24.3 Å². The number of nitrogens with zero attached hydrogens (tertiary/aromatic N) is 1. The van der Waals surface area contributed by atoms with Gasteiger partial charge in [-0.1, -0.05) is 18.2 Å². The zero-order valence-corrected chi connectivity index (χ0v) is 10.5. The predicted octanol–water partition coefficient (Wildman–Crippen LogP) is 2.15. The quantitative estimate of drug-likeness (QED) is 0.861. The van der Waals surface area contributed by atoms with Gasteiger partial charge in [-0.2, -0.15) is 0 Å². The Labute approximate surface area is 112 Å². The van der Waals surface area contributed by atoms with E-state index >= 15 is 0 Å². The molecule has 2 rings (SSSR count). The second-order valence-electron chi connectivity index (χ2n) is 4.27. The highest BCUT2D eigenvalue weighted by molar-refractivity contribution is 5.90. The molecule has 0 aliphatic rings. The van der Waals surface area contributed by atoms with E-state index in [2.05, 4.69) is 10.3 Å². The van der Waals surface area contributed by atoms with Crippen LogP contribution in [0, 0.1) is 0 Å². The molecule has 0 aliphatic carbocycles. The number of aryl methyl sites for hydroxylation is 1. The average molecular weight is 256 g/mol. The van der Waals surface area contributed by atoms with Gasteiger partial charge in [0.1, 0.15) is 0 Å². The fourth-order valence-electron chi connectivity index (χ4n) is 1.77. The number of aliphatic hydroxyl groups is 1. The molecule has 98 valence electrons. The number of carbonyl (C=O) groups is 1. The van der Waals surface area contributed by atoms with Gasteiger partial charge >= 0.3 is 0 Å². The van der Waals surface area contributed by atoms with Gasteiger partial charge in [0.15, 0.2) is 0 Å². The number of nitrogens with one attached hydrogen (secondary N) is 1. The predicted molar refractivity (Wildman–Crippen MR) is 73.6 cm³/mol. The van der Waals surface area contributed by atoms with Crippen LogP contribution in [0.5, 0.6) is 0 Å². The third-order valence-corrected chi connectivity index (χ3v) is 2.76. The van der Waals surface area contributed by atoms with Crippen molar-refractivity contribution in [2.75, 3.05) is 5.32 Å². The third kappa shape index (κ3) is 4.19. The van der Waals surface area contributed by atoms with Crippen molar-refractivity contribution in [3.8, 4) is 0 Å². The summed E-state index contributed by atoms with van der Waals surface area (Å²) in [5.41, 5.74) is 2.54. The Kier molecular flexibility index (Phi) is 4.64. The van der Waals surface area contributed by atoms with Crippen molar-refractivity contribution in [3.63, 3.8) is 0 Å². The van der Waals surface area contributed by atoms with E-state index < -0.39 is 0 Å². The first-order valence-electron chi connectivity index (χ1n) is 6.16. The Balaban J connectivity index is 1.87. The first-order valence-corrected chi connectivity index (χ1v) is 6.16. The Hall–Kier alpha value is -2.20. The Morgan fingerprint density at radius 2 is 2.05 bits per heavy atom. The maximum absolute atomic E-state index is 11.8. The van der Waals surface area contributed by atoms with Crippen molar-refractivity contribution >= 4 is 11.6 Å². The van der Waals surface area contributed by atoms with Crippen LogP contribution in [0.4, 0.5) is 5.69 Å². The molecule has 2 aromatic rings. The van der Waals surface area contributed by atoms with Crippen LogP contribution >= 0.6 is 0 Å². The second kappa shape index (κ2) is 6.66. The van der Waals surface area contributed by atoms with E-state index in [4.69, 9.17) is 5.11 Å². The molecule has 0 bridgehead atoms. The van der Waals surface area contributed by atoms with Crippen LogP contribution in [0.15, 0.2) is 48.8 Å². The summed E-state index contributed by atoms with van der Waals surface area (Å²) in [6.45, 7) is -0.0284. The number of aliphatic hydroxyl groups excluding tert-OH is 1. The van der Waals surface area contributed by atoms with Gasteiger partial charge in [0.25, 0.3) is 0 Å². The molecule has 0 aliphatic heterocycles. The number of benzene rings is 1. The summed E-state index contributed by atoms with van der Waals surface area (Å²) in [6, 6.07) is 11.0. The third-order valence-electron chi connectivity index (χ3n) is 2.76. The van der Waals surface area contributed by atoms with Crippen LogP contribution in [0.3, 0.4) is 0 Å². The van der Waals surface area contributed by atoms with Gasteiger partial charge in [-0.15, -0.1) is 0 Å². The van der Waals surface area contributed by atoms with Gasteiger partial charge in [-0.3, -0.25) is 9.78 Å². The number of anilines is 1. The molecule has 1 aromatic carbocycles. The molecule has 0 spiro atoms. The van der Waals surface area contributed by atoms with Crippen LogP contribution in [0.25, 0.3) is 0 Å². The molecule has 19 heavy (non-hydrogen) atoms. The van der Waals surface area contributed by atoms with Crippen LogP contribution in [0.1, 0.15) is 17.5 Å². The van der Waals surface area contributed by atoms with E-state index in [1.165, 1.54) is 0 Å². The number of hydrogen-bond acceptors (Lipinski definition) is 3. The van der Waals surface area contributed by atoms with E-state index in [0.29, 0.717) is 18.5 Å². The molecule has 0 saturated carbocycles. The average Bonchev–Trinajstić information content (AvgIpc) is 2.46. The fourth-order valence-corrected chi connectivity index (χ4v) is 1.77. The van der Waals surface area contributed by atoms with Gasteiger partial charge in [0, 0.05) is 24.5 Å². The van der Waals surface area contributed by atoms with Gasteiger partial charge in [0.05, 0.1) is 6.61 Å². The van der Waals surface area contributed by atoms with Crippen molar-refractivity contribution in [2.24, 2.45) is 0 Å². The minimum atomic E-state index is -0.0426. The smallest absolute Gasteiger partial charge is 0.224 e. The van der Waals surface area contributed by atoms with Gasteiger partial charge < -0.3 is 10.4 Å². The molecule has 0 fully saturated rings. The van der Waals surface area contributed by atoms with E-state index in [1.54, 1.807) is 24.5 Å². The van der Waals surface area contributed by atoms with Crippen LogP contribution in [-0.2, 0) is 17.8 Å². The van der Waals surface area contributed by atoms with E-state index in [-0.39, 0.29) is 12.5 Å². The summed E-state index contributed by atoms with van der Waals surface area (Å²) in [7, 11) is 0. The molecule has 2 N–H and O–H groups in total. The molecule has 4 heteroatoms. The highest BCUT2D eigenvalue weighted by Gasteiger charge is 2.03. The van der Waals surface area contributed by atoms with Crippen molar-refractivity contribution in [1.29, 1.82) is 0 Å². The van der Waals surface area contributed by atoms with Crippen LogP contribution in [0.2, 0.25) is 0 Å². The van der Waals surface area contributed by atoms with E-state index in [9.17, 15) is 4.79 Å². The largest absolute Gasteiger partial charge is 0.392 e. The molecule has 0 atom stereocenters. The molecule has 0 saturated heterocycles. The second-order valence-corrected chi connectivity index (χ2v) is 4.27. The zero-order valence-electron chi connectivity index (χ0n) is 10.5. The summed E-state index contributed by atoms with van der Waals surface area (Å²) < 4.78 is 0. The minimum Gasteiger partial charge on any atom is -0.392 e. The SMILES string of the molecule is O=C(CCc1cccnc1)Nc1cccc(CO)c1. The number of carbonyl (C=O) groups excluding carboxylic acids is 1. The van der Waals surface area contributed by atoms with Crippen molar-refractivity contribution in [3.05, 3.63) is 59.9 Å². The van der Waals surface area contributed by atoms with Crippen molar-refractivity contribution in [1.82, 2.24) is 4.98 Å². The Bertz CT molecular complexity index is 541. The molecule has 4 nitrogen and oxygen atoms in total. The lowest BCUT2D eigenvalue weighted by Crippen LogP contribution is -2.12. The highest BCUT2D eigenvalue weighted by Crippen LogP contribution is 2.11. The lowest BCUT2D eigenvalue weighted by Gasteiger charge is -2.06. The summed E-state index contributed by atoms with van der Waals surface area (Å²) in [5.74, 6) is -0.0426. The normalized spacial score (nSPS) is 10.2. The maximum Gasteiger partial charge on any atom is 0.224 e. The molecule has 1 amide bonds. The standard InChI is InChI=1S/C15H16N2O2/c18-11-13-3-1-5-14(9-13)17-15(19)7-6-12-4-2-8-16-10-12/h1-5,8-10,18H,6-7,11H2,(H,17,19). The molecule has 0 unspecified atom stereocenters. The molecule has 1 heterocycles. The molecule has 0 radical (unpaired) electrons. The number of amides is 1. The highest BCUT2D eigenvalue weighted by atomic mass is 16.3. The van der Waals surface area contributed by atoms with Gasteiger partial charge in [-0.25, -0.2) is 0 Å². The number of rotatable bonds is 5. The number of hydrogen-bond donors (Lipinski definition) is 2. The fraction of sp³-hybridized carbons (Fsp3) is 0.200. The summed E-state index contributed by atoms with van der Waals surface area (Å²) in [4.78, 5) is 15.8. The lowest BCUT2D eigenvalue weighted by molar-refractivity contribution is -0.116. The molecular weight excluding hydrogens is 240 g/mol. The number of aromatic nitrogens is 1. The van der Waals surface area contributed by atoms with E-state index in [0.717, 1.165) is 11.1 Å². The topological polar surface area (TPSA) is 62.2 Å². The first kappa shape index (κ1) is 13.2. The zero-order chi connectivity index (χ0) is 13.5. The van der Waals surface area contributed by atoms with Gasteiger partial charge in [-0.05, 0) is 35.7 Å². The summed E-state index contributed by atoms with van der Waals surface area (Å²) >= 11 is 0. The van der Waals surface area contributed by atoms with Crippen LogP contribution < -0.4 is 5.32 Å².